The lowest BCUT2D eigenvalue weighted by atomic mass is 10.0. The van der Waals surface area contributed by atoms with Crippen LogP contribution in [-0.2, 0) is 23.2 Å². The molecule has 34 heavy (non-hydrogen) atoms. The maximum Gasteiger partial charge on any atom is 0.573 e. The summed E-state index contributed by atoms with van der Waals surface area (Å²) in [4.78, 5) is 29.8. The monoisotopic (exact) mass is 475 g/mol. The molecule has 1 amide bonds. The van der Waals surface area contributed by atoms with Crippen LogP contribution in [0.15, 0.2) is 53.2 Å². The molecule has 1 N–H and O–H groups in total. The normalized spacial score (nSPS) is 14.9. The number of carbonyl (C=O) groups is 2. The molecule has 176 valence electrons. The number of fused-ring (bicyclic) bond motifs is 1. The Balaban J connectivity index is 1.65. The molecular weight excluding hydrogens is 458 g/mol. The molecule has 0 atom stereocenters. The topological polar surface area (TPSA) is 81.9 Å². The van der Waals surface area contributed by atoms with Gasteiger partial charge in [0.15, 0.2) is 0 Å². The van der Waals surface area contributed by atoms with Crippen LogP contribution in [0, 0.1) is 5.82 Å². The van der Waals surface area contributed by atoms with E-state index in [9.17, 15) is 27.2 Å². The Labute approximate surface area is 190 Å². The van der Waals surface area contributed by atoms with Gasteiger partial charge in [-0.15, -0.1) is 13.2 Å². The molecule has 0 radical (unpaired) electrons. The maximum atomic E-state index is 14.0. The lowest BCUT2D eigenvalue weighted by Gasteiger charge is -2.10. The second kappa shape index (κ2) is 8.65. The van der Waals surface area contributed by atoms with E-state index in [0.29, 0.717) is 27.7 Å². The summed E-state index contributed by atoms with van der Waals surface area (Å²) in [5.41, 5.74) is 1.96. The van der Waals surface area contributed by atoms with Crippen LogP contribution in [0.5, 0.6) is 5.75 Å². The Bertz CT molecular complexity index is 1360. The maximum absolute atomic E-state index is 14.0. The zero-order valence-electron chi connectivity index (χ0n) is 17.9. The highest BCUT2D eigenvalue weighted by Gasteiger charge is 2.31. The Morgan fingerprint density at radius 3 is 2.53 bits per heavy atom. The SMILES string of the molecule is CC1=NOC(=O)/C1=C/c1c(C(=O)NCc2ccc(OC(F)(F)F)cc2)n(C)c2ccc(F)cc12. The first-order valence-electron chi connectivity index (χ1n) is 9.92. The van der Waals surface area contributed by atoms with Crippen LogP contribution >= 0.6 is 0 Å². The van der Waals surface area contributed by atoms with Crippen LogP contribution in [0.1, 0.15) is 28.5 Å². The fraction of sp³-hybridized carbons (Fsp3) is 0.174. The molecule has 1 aliphatic rings. The Hall–Kier alpha value is -4.15. The number of aryl methyl sites for hydroxylation is 1. The largest absolute Gasteiger partial charge is 0.573 e. The van der Waals surface area contributed by atoms with Crippen molar-refractivity contribution >= 4 is 34.6 Å². The fourth-order valence-electron chi connectivity index (χ4n) is 3.60. The average Bonchev–Trinajstić information content (AvgIpc) is 3.22. The van der Waals surface area contributed by atoms with Gasteiger partial charge in [0, 0.05) is 30.1 Å². The van der Waals surface area contributed by atoms with Gasteiger partial charge in [0.25, 0.3) is 5.91 Å². The van der Waals surface area contributed by atoms with Gasteiger partial charge >= 0.3 is 12.3 Å². The first-order chi connectivity index (χ1) is 16.0. The molecule has 4 rings (SSSR count). The summed E-state index contributed by atoms with van der Waals surface area (Å²) in [6.45, 7) is 1.56. The molecule has 1 aromatic heterocycles. The van der Waals surface area contributed by atoms with E-state index in [1.54, 1.807) is 18.5 Å². The van der Waals surface area contributed by atoms with Crippen molar-refractivity contribution in [1.29, 1.82) is 0 Å². The summed E-state index contributed by atoms with van der Waals surface area (Å²) in [6, 6.07) is 9.06. The highest BCUT2D eigenvalue weighted by molar-refractivity contribution is 6.25. The highest BCUT2D eigenvalue weighted by atomic mass is 19.4. The third kappa shape index (κ3) is 4.63. The van der Waals surface area contributed by atoms with Crippen molar-refractivity contribution in [3.8, 4) is 5.75 Å². The fourth-order valence-corrected chi connectivity index (χ4v) is 3.60. The van der Waals surface area contributed by atoms with Crippen LogP contribution in [0.4, 0.5) is 17.6 Å². The number of oxime groups is 1. The molecule has 0 saturated carbocycles. The standard InChI is InChI=1S/C23H17F4N3O4/c1-12-16(22(32)34-29-12)10-18-17-9-14(24)5-8-19(17)30(2)20(18)21(31)28-11-13-3-6-15(7-4-13)33-23(25,26)27/h3-10H,11H2,1-2H3,(H,28,31)/b16-10+. The Kier molecular flexibility index (Phi) is 5.86. The molecule has 2 aromatic carbocycles. The third-order valence-corrected chi connectivity index (χ3v) is 5.19. The van der Waals surface area contributed by atoms with Crippen LogP contribution in [0.3, 0.4) is 0 Å². The molecule has 0 spiro atoms. The summed E-state index contributed by atoms with van der Waals surface area (Å²) < 4.78 is 56.4. The number of amides is 1. The number of aromatic nitrogens is 1. The summed E-state index contributed by atoms with van der Waals surface area (Å²) in [5, 5.41) is 6.71. The van der Waals surface area contributed by atoms with Crippen molar-refractivity contribution in [1.82, 2.24) is 9.88 Å². The molecule has 7 nitrogen and oxygen atoms in total. The molecule has 0 bridgehead atoms. The number of ether oxygens (including phenoxy) is 1. The third-order valence-electron chi connectivity index (χ3n) is 5.19. The van der Waals surface area contributed by atoms with Crippen molar-refractivity contribution < 1.29 is 36.7 Å². The van der Waals surface area contributed by atoms with Gasteiger partial charge in [-0.05, 0) is 48.9 Å². The quantitative estimate of drug-likeness (QED) is 0.336. The minimum absolute atomic E-state index is 0.000440. The van der Waals surface area contributed by atoms with Gasteiger partial charge in [-0.3, -0.25) is 4.79 Å². The molecule has 0 aliphatic carbocycles. The van der Waals surface area contributed by atoms with E-state index < -0.39 is 24.1 Å². The van der Waals surface area contributed by atoms with Gasteiger partial charge in [0.05, 0.1) is 11.3 Å². The minimum Gasteiger partial charge on any atom is -0.406 e. The van der Waals surface area contributed by atoms with Crippen LogP contribution in [0.2, 0.25) is 0 Å². The molecule has 11 heteroatoms. The number of nitrogens with zero attached hydrogens (tertiary/aromatic N) is 2. The van der Waals surface area contributed by atoms with E-state index in [0.717, 1.165) is 12.1 Å². The number of alkyl halides is 3. The second-order valence-corrected chi connectivity index (χ2v) is 7.47. The first-order valence-corrected chi connectivity index (χ1v) is 9.92. The van der Waals surface area contributed by atoms with Gasteiger partial charge in [-0.2, -0.15) is 0 Å². The number of rotatable bonds is 5. The summed E-state index contributed by atoms with van der Waals surface area (Å²) >= 11 is 0. The van der Waals surface area contributed by atoms with Crippen LogP contribution < -0.4 is 10.1 Å². The lowest BCUT2D eigenvalue weighted by molar-refractivity contribution is -0.274. The van der Waals surface area contributed by atoms with Gasteiger partial charge < -0.3 is 19.5 Å². The first kappa shape index (κ1) is 23.0. The minimum atomic E-state index is -4.80. The number of hydrogen-bond donors (Lipinski definition) is 1. The predicted molar refractivity (Wildman–Crippen MR) is 114 cm³/mol. The van der Waals surface area contributed by atoms with E-state index in [1.165, 1.54) is 36.4 Å². The van der Waals surface area contributed by atoms with Crippen molar-refractivity contribution in [3.63, 3.8) is 0 Å². The molecule has 1 aliphatic heterocycles. The van der Waals surface area contributed by atoms with Crippen molar-refractivity contribution in [3.05, 3.63) is 70.7 Å². The van der Waals surface area contributed by atoms with Gasteiger partial charge in [-0.25, -0.2) is 9.18 Å². The van der Waals surface area contributed by atoms with Gasteiger partial charge in [0.2, 0.25) is 0 Å². The molecule has 0 saturated heterocycles. The smallest absolute Gasteiger partial charge is 0.406 e. The van der Waals surface area contributed by atoms with Crippen LogP contribution in [0.25, 0.3) is 17.0 Å². The van der Waals surface area contributed by atoms with E-state index in [-0.39, 0.29) is 23.6 Å². The van der Waals surface area contributed by atoms with Gasteiger partial charge in [0.1, 0.15) is 17.3 Å². The summed E-state index contributed by atoms with van der Waals surface area (Å²) in [7, 11) is 1.62. The van der Waals surface area contributed by atoms with Crippen LogP contribution in [-0.4, -0.2) is 28.5 Å². The number of carbonyl (C=O) groups excluding carboxylic acids is 2. The van der Waals surface area contributed by atoms with E-state index in [2.05, 4.69) is 20.0 Å². The van der Waals surface area contributed by atoms with Gasteiger partial charge in [-0.1, -0.05) is 17.3 Å². The number of benzene rings is 2. The molecule has 0 fully saturated rings. The second-order valence-electron chi connectivity index (χ2n) is 7.47. The number of nitrogens with one attached hydrogen (secondary N) is 1. The molecule has 2 heterocycles. The Morgan fingerprint density at radius 2 is 1.91 bits per heavy atom. The van der Waals surface area contributed by atoms with Crippen molar-refractivity contribution in [2.45, 2.75) is 19.8 Å². The summed E-state index contributed by atoms with van der Waals surface area (Å²) in [5.74, 6) is -2.14. The lowest BCUT2D eigenvalue weighted by Crippen LogP contribution is -2.25. The predicted octanol–water partition coefficient (Wildman–Crippen LogP) is 4.46. The molecule has 3 aromatic rings. The molecule has 0 unspecified atom stereocenters. The highest BCUT2D eigenvalue weighted by Crippen LogP contribution is 2.30. The van der Waals surface area contributed by atoms with E-state index in [1.807, 2.05) is 0 Å². The zero-order chi connectivity index (χ0) is 24.6. The van der Waals surface area contributed by atoms with Crippen molar-refractivity contribution in [2.75, 3.05) is 0 Å². The Morgan fingerprint density at radius 1 is 1.21 bits per heavy atom. The van der Waals surface area contributed by atoms with E-state index in [4.69, 9.17) is 0 Å². The zero-order valence-corrected chi connectivity index (χ0v) is 17.9. The van der Waals surface area contributed by atoms with Crippen molar-refractivity contribution in [2.24, 2.45) is 12.2 Å². The number of hydrogen-bond acceptors (Lipinski definition) is 5. The number of halogens is 4. The molecular formula is C23H17F4N3O4. The summed E-state index contributed by atoms with van der Waals surface area (Å²) in [6.07, 6.45) is -3.38. The average molecular weight is 475 g/mol. The van der Waals surface area contributed by atoms with E-state index >= 15 is 0 Å².